The summed E-state index contributed by atoms with van der Waals surface area (Å²) in [5.74, 6) is 2.12. The van der Waals surface area contributed by atoms with E-state index in [2.05, 4.69) is 43.0 Å². The van der Waals surface area contributed by atoms with Crippen LogP contribution in [-0.2, 0) is 0 Å². The predicted octanol–water partition coefficient (Wildman–Crippen LogP) is 1.88. The van der Waals surface area contributed by atoms with Crippen molar-refractivity contribution in [2.24, 2.45) is 5.92 Å². The minimum absolute atomic E-state index is 0.250. The van der Waals surface area contributed by atoms with Gasteiger partial charge in [-0.2, -0.15) is 0 Å². The van der Waals surface area contributed by atoms with E-state index < -0.39 is 0 Å². The summed E-state index contributed by atoms with van der Waals surface area (Å²) < 4.78 is 0.914. The van der Waals surface area contributed by atoms with E-state index in [1.165, 1.54) is 0 Å². The maximum atomic E-state index is 9.19. The molecule has 0 radical (unpaired) electrons. The summed E-state index contributed by atoms with van der Waals surface area (Å²) >= 11 is 3.57. The molecule has 0 spiro atoms. The van der Waals surface area contributed by atoms with E-state index in [0.717, 1.165) is 48.6 Å². The summed E-state index contributed by atoms with van der Waals surface area (Å²) in [6.45, 7) is 5.07. The van der Waals surface area contributed by atoms with Gasteiger partial charge in [0.1, 0.15) is 22.4 Å². The van der Waals surface area contributed by atoms with Crippen LogP contribution in [0.3, 0.4) is 0 Å². The van der Waals surface area contributed by atoms with Gasteiger partial charge >= 0.3 is 0 Å². The van der Waals surface area contributed by atoms with Crippen LogP contribution in [-0.4, -0.2) is 41.3 Å². The largest absolute Gasteiger partial charge is 0.396 e. The Morgan fingerprint density at radius 3 is 3.06 bits per heavy atom. The highest BCUT2D eigenvalue weighted by Gasteiger charge is 2.25. The Morgan fingerprint density at radius 1 is 1.56 bits per heavy atom. The molecule has 0 amide bonds. The fourth-order valence-corrected chi connectivity index (χ4v) is 2.72. The van der Waals surface area contributed by atoms with Crippen LogP contribution in [0, 0.1) is 5.92 Å². The Bertz CT molecular complexity index is 402. The van der Waals surface area contributed by atoms with Crippen LogP contribution in [0.1, 0.15) is 19.8 Å². The molecule has 6 heteroatoms. The number of aliphatic hydroxyl groups is 1. The molecule has 0 bridgehead atoms. The van der Waals surface area contributed by atoms with Crippen molar-refractivity contribution in [2.75, 3.05) is 36.5 Å². The van der Waals surface area contributed by atoms with Crippen LogP contribution in [0.5, 0.6) is 0 Å². The van der Waals surface area contributed by atoms with Gasteiger partial charge < -0.3 is 15.3 Å². The highest BCUT2D eigenvalue weighted by Crippen LogP contribution is 2.32. The normalized spacial score (nSPS) is 19.3. The Labute approximate surface area is 116 Å². The van der Waals surface area contributed by atoms with Crippen LogP contribution in [0.25, 0.3) is 0 Å². The van der Waals surface area contributed by atoms with Gasteiger partial charge in [-0.3, -0.25) is 0 Å². The van der Waals surface area contributed by atoms with Crippen LogP contribution in [0.4, 0.5) is 11.6 Å². The molecule has 1 aliphatic rings. The second-order valence-corrected chi connectivity index (χ2v) is 5.36. The van der Waals surface area contributed by atoms with Crippen molar-refractivity contribution in [1.29, 1.82) is 0 Å². The van der Waals surface area contributed by atoms with E-state index in [9.17, 15) is 5.11 Å². The molecule has 2 N–H and O–H groups in total. The van der Waals surface area contributed by atoms with E-state index in [1.807, 2.05) is 0 Å². The van der Waals surface area contributed by atoms with E-state index in [-0.39, 0.29) is 6.61 Å². The Kier molecular flexibility index (Phi) is 4.77. The van der Waals surface area contributed by atoms with Crippen LogP contribution < -0.4 is 10.2 Å². The average molecular weight is 315 g/mol. The molecule has 2 heterocycles. The minimum Gasteiger partial charge on any atom is -0.396 e. The van der Waals surface area contributed by atoms with Crippen molar-refractivity contribution in [1.82, 2.24) is 9.97 Å². The van der Waals surface area contributed by atoms with Crippen LogP contribution >= 0.6 is 15.9 Å². The molecule has 100 valence electrons. The summed E-state index contributed by atoms with van der Waals surface area (Å²) in [5.41, 5.74) is 0. The Balaban J connectivity index is 2.13. The fraction of sp³-hybridized carbons (Fsp3) is 0.667. The van der Waals surface area contributed by atoms with Crippen molar-refractivity contribution in [3.63, 3.8) is 0 Å². The van der Waals surface area contributed by atoms with Gasteiger partial charge in [0.2, 0.25) is 0 Å². The first-order valence-electron chi connectivity index (χ1n) is 6.36. The number of nitrogens with zero attached hydrogens (tertiary/aromatic N) is 3. The zero-order chi connectivity index (χ0) is 13.0. The highest BCUT2D eigenvalue weighted by atomic mass is 79.9. The lowest BCUT2D eigenvalue weighted by Crippen LogP contribution is -2.22. The number of halogens is 1. The van der Waals surface area contributed by atoms with Crippen molar-refractivity contribution in [3.8, 4) is 0 Å². The smallest absolute Gasteiger partial charge is 0.148 e. The van der Waals surface area contributed by atoms with Crippen molar-refractivity contribution in [3.05, 3.63) is 10.8 Å². The quantitative estimate of drug-likeness (QED) is 0.869. The first kappa shape index (κ1) is 13.5. The fourth-order valence-electron chi connectivity index (χ4n) is 2.12. The zero-order valence-electron chi connectivity index (χ0n) is 10.6. The van der Waals surface area contributed by atoms with Gasteiger partial charge in [-0.15, -0.1) is 0 Å². The second-order valence-electron chi connectivity index (χ2n) is 4.57. The summed E-state index contributed by atoms with van der Waals surface area (Å²) in [7, 11) is 0. The summed E-state index contributed by atoms with van der Waals surface area (Å²) in [5, 5.41) is 12.5. The van der Waals surface area contributed by atoms with E-state index in [4.69, 9.17) is 0 Å². The molecule has 0 saturated carbocycles. The van der Waals surface area contributed by atoms with Gasteiger partial charge in [0, 0.05) is 32.2 Å². The summed E-state index contributed by atoms with van der Waals surface area (Å²) in [6.07, 6.45) is 3.66. The highest BCUT2D eigenvalue weighted by molar-refractivity contribution is 9.10. The van der Waals surface area contributed by atoms with Crippen molar-refractivity contribution < 1.29 is 5.11 Å². The lowest BCUT2D eigenvalue weighted by Gasteiger charge is -2.19. The number of rotatable bonds is 5. The lowest BCUT2D eigenvalue weighted by atomic mass is 10.1. The number of nitrogens with one attached hydrogen (secondary N) is 1. The van der Waals surface area contributed by atoms with Gasteiger partial charge in [0.25, 0.3) is 0 Å². The monoisotopic (exact) mass is 314 g/mol. The third-order valence-electron chi connectivity index (χ3n) is 3.16. The second kappa shape index (κ2) is 6.33. The molecule has 1 fully saturated rings. The zero-order valence-corrected chi connectivity index (χ0v) is 12.2. The average Bonchev–Trinajstić information content (AvgIpc) is 2.86. The summed E-state index contributed by atoms with van der Waals surface area (Å²) in [6, 6.07) is 0. The first-order chi connectivity index (χ1) is 8.76. The molecule has 5 nitrogen and oxygen atoms in total. The Morgan fingerprint density at radius 2 is 2.39 bits per heavy atom. The molecule has 18 heavy (non-hydrogen) atoms. The van der Waals surface area contributed by atoms with Gasteiger partial charge in [-0.25, -0.2) is 9.97 Å². The standard InChI is InChI=1S/C12H19BrN4O/c1-2-4-14-11-10(13)12(16-8-15-11)17-5-3-9(6-17)7-18/h8-9,18H,2-7H2,1H3,(H,14,15,16). The van der Waals surface area contributed by atoms with Gasteiger partial charge in [0.05, 0.1) is 0 Å². The number of anilines is 2. The maximum absolute atomic E-state index is 9.19. The molecule has 1 unspecified atom stereocenters. The predicted molar refractivity (Wildman–Crippen MR) is 75.9 cm³/mol. The molecule has 0 aromatic carbocycles. The van der Waals surface area contributed by atoms with E-state index in [1.54, 1.807) is 6.33 Å². The number of hydrogen-bond acceptors (Lipinski definition) is 5. The van der Waals surface area contributed by atoms with Gasteiger partial charge in [-0.05, 0) is 28.8 Å². The number of aliphatic hydroxyl groups excluding tert-OH is 1. The van der Waals surface area contributed by atoms with Crippen molar-refractivity contribution in [2.45, 2.75) is 19.8 Å². The van der Waals surface area contributed by atoms with E-state index >= 15 is 0 Å². The Hall–Kier alpha value is -0.880. The molecular weight excluding hydrogens is 296 g/mol. The number of hydrogen-bond donors (Lipinski definition) is 2. The molecule has 1 atom stereocenters. The topological polar surface area (TPSA) is 61.3 Å². The maximum Gasteiger partial charge on any atom is 0.148 e. The molecule has 1 aliphatic heterocycles. The molecule has 1 aromatic heterocycles. The minimum atomic E-state index is 0.250. The van der Waals surface area contributed by atoms with Crippen molar-refractivity contribution >= 4 is 27.6 Å². The third kappa shape index (κ3) is 2.92. The SMILES string of the molecule is CCCNc1ncnc(N2CCC(CO)C2)c1Br. The molecule has 1 saturated heterocycles. The van der Waals surface area contributed by atoms with Gasteiger partial charge in [-0.1, -0.05) is 6.92 Å². The number of aromatic nitrogens is 2. The molecular formula is C12H19BrN4O. The lowest BCUT2D eigenvalue weighted by molar-refractivity contribution is 0.238. The molecule has 2 rings (SSSR count). The summed E-state index contributed by atoms with van der Waals surface area (Å²) in [4.78, 5) is 10.8. The molecule has 1 aromatic rings. The van der Waals surface area contributed by atoms with Crippen LogP contribution in [0.2, 0.25) is 0 Å². The van der Waals surface area contributed by atoms with E-state index in [0.29, 0.717) is 5.92 Å². The van der Waals surface area contributed by atoms with Crippen LogP contribution in [0.15, 0.2) is 10.8 Å². The first-order valence-corrected chi connectivity index (χ1v) is 7.15. The molecule has 0 aliphatic carbocycles. The van der Waals surface area contributed by atoms with Gasteiger partial charge in [0.15, 0.2) is 0 Å². The third-order valence-corrected chi connectivity index (χ3v) is 3.89.